The van der Waals surface area contributed by atoms with Crippen LogP contribution < -0.4 is 14.4 Å². The number of sulfonamides is 1. The van der Waals surface area contributed by atoms with Gasteiger partial charge in [0, 0.05) is 30.2 Å². The van der Waals surface area contributed by atoms with E-state index in [1.54, 1.807) is 31.2 Å². The first kappa shape index (κ1) is 27.9. The average Bonchev–Trinajstić information content (AvgIpc) is 2.80. The number of halogens is 1. The number of likely N-dealkylation sites (N-methyl/N-ethyl adjacent to an activating group) is 1. The molecule has 190 valence electrons. The van der Waals surface area contributed by atoms with Gasteiger partial charge in [-0.3, -0.25) is 24.0 Å². The number of nitrogens with one attached hydrogen (secondary N) is 1. The molecule has 0 bridgehead atoms. The van der Waals surface area contributed by atoms with Gasteiger partial charge < -0.3 is 15.0 Å². The van der Waals surface area contributed by atoms with Gasteiger partial charge in [-0.25, -0.2) is 8.42 Å². The van der Waals surface area contributed by atoms with E-state index in [0.717, 1.165) is 22.7 Å². The SMILES string of the molecule is CCNC(=O)[C@@H](C)N(Cc1ccc(Cl)cc1)C(=O)CN(c1cc([N+](=O)[O-])ccc1OC)S(C)(=O)=O. The molecule has 2 aromatic carbocycles. The molecule has 0 spiro atoms. The monoisotopic (exact) mass is 526 g/mol. The number of carbonyl (C=O) groups excluding carboxylic acids is 2. The minimum absolute atomic E-state index is 0.00201. The normalized spacial score (nSPS) is 11.9. The molecule has 0 aliphatic carbocycles. The summed E-state index contributed by atoms with van der Waals surface area (Å²) < 4.78 is 31.3. The topological polar surface area (TPSA) is 139 Å². The lowest BCUT2D eigenvalue weighted by atomic mass is 10.1. The van der Waals surface area contributed by atoms with Crippen LogP contribution in [0.2, 0.25) is 5.02 Å². The summed E-state index contributed by atoms with van der Waals surface area (Å²) in [5.41, 5.74) is 0.114. The number of rotatable bonds is 11. The number of amides is 2. The Labute approximate surface area is 208 Å². The molecule has 1 atom stereocenters. The second-order valence-electron chi connectivity index (χ2n) is 7.60. The van der Waals surface area contributed by atoms with Crippen molar-refractivity contribution in [2.24, 2.45) is 0 Å². The van der Waals surface area contributed by atoms with Gasteiger partial charge in [0.25, 0.3) is 5.69 Å². The number of carbonyl (C=O) groups is 2. The molecule has 2 aromatic rings. The van der Waals surface area contributed by atoms with Gasteiger partial charge in [0.1, 0.15) is 24.0 Å². The Hall–Kier alpha value is -3.38. The molecule has 35 heavy (non-hydrogen) atoms. The van der Waals surface area contributed by atoms with E-state index in [1.165, 1.54) is 25.0 Å². The fraction of sp³-hybridized carbons (Fsp3) is 0.364. The maximum atomic E-state index is 13.5. The van der Waals surface area contributed by atoms with E-state index in [2.05, 4.69) is 5.32 Å². The summed E-state index contributed by atoms with van der Waals surface area (Å²) in [5, 5.41) is 14.4. The highest BCUT2D eigenvalue weighted by atomic mass is 35.5. The number of hydrogen-bond acceptors (Lipinski definition) is 7. The van der Waals surface area contributed by atoms with Crippen molar-refractivity contribution in [1.29, 1.82) is 0 Å². The molecule has 2 amide bonds. The van der Waals surface area contributed by atoms with E-state index in [1.807, 2.05) is 0 Å². The Balaban J connectivity index is 2.50. The standard InChI is InChI=1S/C22H27ClN4O7S/c1-5-24-22(29)15(2)25(13-16-6-8-17(23)9-7-16)21(28)14-26(35(4,32)33)19-12-18(27(30)31)10-11-20(19)34-3/h6-12,15H,5,13-14H2,1-4H3,(H,24,29)/t15-/m1/s1. The van der Waals surface area contributed by atoms with Crippen molar-refractivity contribution < 1.29 is 27.7 Å². The van der Waals surface area contributed by atoms with Crippen molar-refractivity contribution in [2.45, 2.75) is 26.4 Å². The fourth-order valence-corrected chi connectivity index (χ4v) is 4.24. The molecule has 0 unspecified atom stereocenters. The summed E-state index contributed by atoms with van der Waals surface area (Å²) in [7, 11) is -2.82. The third-order valence-corrected chi connectivity index (χ3v) is 6.48. The van der Waals surface area contributed by atoms with Crippen LogP contribution in [-0.4, -0.2) is 62.6 Å². The van der Waals surface area contributed by atoms with Crippen LogP contribution in [0.15, 0.2) is 42.5 Å². The highest BCUT2D eigenvalue weighted by Gasteiger charge is 2.31. The van der Waals surface area contributed by atoms with Crippen molar-refractivity contribution in [1.82, 2.24) is 10.2 Å². The number of methoxy groups -OCH3 is 1. The first-order valence-electron chi connectivity index (χ1n) is 10.5. The van der Waals surface area contributed by atoms with Crippen molar-refractivity contribution in [3.63, 3.8) is 0 Å². The largest absolute Gasteiger partial charge is 0.495 e. The van der Waals surface area contributed by atoms with E-state index in [-0.39, 0.29) is 23.7 Å². The molecule has 1 N–H and O–H groups in total. The molecule has 0 saturated heterocycles. The second kappa shape index (κ2) is 11.8. The zero-order valence-electron chi connectivity index (χ0n) is 19.7. The number of nitro groups is 1. The molecule has 13 heteroatoms. The lowest BCUT2D eigenvalue weighted by molar-refractivity contribution is -0.384. The predicted octanol–water partition coefficient (Wildman–Crippen LogP) is 2.58. The number of hydrogen-bond donors (Lipinski definition) is 1. The van der Waals surface area contributed by atoms with Crippen molar-refractivity contribution in [2.75, 3.05) is 30.8 Å². The highest BCUT2D eigenvalue weighted by molar-refractivity contribution is 7.92. The number of nitrogens with zero attached hydrogens (tertiary/aromatic N) is 3. The third-order valence-electron chi connectivity index (χ3n) is 5.11. The van der Waals surface area contributed by atoms with Gasteiger partial charge >= 0.3 is 0 Å². The molecule has 0 radical (unpaired) electrons. The van der Waals surface area contributed by atoms with E-state index in [9.17, 15) is 28.1 Å². The van der Waals surface area contributed by atoms with Crippen LogP contribution in [0.25, 0.3) is 0 Å². The lowest BCUT2D eigenvalue weighted by Crippen LogP contribution is -2.51. The van der Waals surface area contributed by atoms with Crippen LogP contribution in [0.5, 0.6) is 5.75 Å². The average molecular weight is 527 g/mol. The smallest absolute Gasteiger partial charge is 0.271 e. The van der Waals surface area contributed by atoms with Crippen molar-refractivity contribution in [3.8, 4) is 5.75 Å². The summed E-state index contributed by atoms with van der Waals surface area (Å²) >= 11 is 5.94. The first-order valence-corrected chi connectivity index (χ1v) is 12.7. The lowest BCUT2D eigenvalue weighted by Gasteiger charge is -2.31. The van der Waals surface area contributed by atoms with Gasteiger partial charge in [-0.2, -0.15) is 0 Å². The maximum absolute atomic E-state index is 13.5. The maximum Gasteiger partial charge on any atom is 0.271 e. The van der Waals surface area contributed by atoms with Gasteiger partial charge in [-0.1, -0.05) is 23.7 Å². The molecule has 0 aliphatic rings. The first-order chi connectivity index (χ1) is 16.4. The Kier molecular flexibility index (Phi) is 9.43. The third kappa shape index (κ3) is 7.30. The summed E-state index contributed by atoms with van der Waals surface area (Å²) in [6.45, 7) is 2.88. The fourth-order valence-electron chi connectivity index (χ4n) is 3.27. The molecule has 2 rings (SSSR count). The van der Waals surface area contributed by atoms with Crippen LogP contribution in [0, 0.1) is 10.1 Å². The summed E-state index contributed by atoms with van der Waals surface area (Å²) in [4.78, 5) is 37.8. The number of non-ortho nitro benzene ring substituents is 1. The minimum atomic E-state index is -4.09. The molecule has 0 saturated carbocycles. The van der Waals surface area contributed by atoms with Gasteiger partial charge in [0.15, 0.2) is 0 Å². The Bertz CT molecular complexity index is 1190. The van der Waals surface area contributed by atoms with E-state index in [0.29, 0.717) is 17.1 Å². The summed E-state index contributed by atoms with van der Waals surface area (Å²) in [6, 6.07) is 9.12. The number of ether oxygens (including phenoxy) is 1. The van der Waals surface area contributed by atoms with Gasteiger partial charge in [0.2, 0.25) is 21.8 Å². The number of anilines is 1. The van der Waals surface area contributed by atoms with Crippen LogP contribution in [0.3, 0.4) is 0 Å². The molecular formula is C22H27ClN4O7S. The zero-order chi connectivity index (χ0) is 26.3. The minimum Gasteiger partial charge on any atom is -0.495 e. The molecule has 11 nitrogen and oxygen atoms in total. The summed E-state index contributed by atoms with van der Waals surface area (Å²) in [6.07, 6.45) is 0.870. The Morgan fingerprint density at radius 3 is 2.34 bits per heavy atom. The van der Waals surface area contributed by atoms with Crippen LogP contribution in [0.4, 0.5) is 11.4 Å². The predicted molar refractivity (Wildman–Crippen MR) is 132 cm³/mol. The number of benzene rings is 2. The molecular weight excluding hydrogens is 500 g/mol. The van der Waals surface area contributed by atoms with E-state index < -0.39 is 39.3 Å². The van der Waals surface area contributed by atoms with Crippen LogP contribution in [0.1, 0.15) is 19.4 Å². The van der Waals surface area contributed by atoms with Gasteiger partial charge in [-0.15, -0.1) is 0 Å². The molecule has 0 aliphatic heterocycles. The zero-order valence-corrected chi connectivity index (χ0v) is 21.3. The Morgan fingerprint density at radius 2 is 1.83 bits per heavy atom. The second-order valence-corrected chi connectivity index (χ2v) is 9.94. The van der Waals surface area contributed by atoms with Crippen LogP contribution in [-0.2, 0) is 26.2 Å². The van der Waals surface area contributed by atoms with Crippen molar-refractivity contribution >= 4 is 44.8 Å². The Morgan fingerprint density at radius 1 is 1.20 bits per heavy atom. The van der Waals surface area contributed by atoms with Gasteiger partial charge in [-0.05, 0) is 37.6 Å². The number of nitro benzene ring substituents is 1. The van der Waals surface area contributed by atoms with Crippen molar-refractivity contribution in [3.05, 3.63) is 63.2 Å². The molecule has 0 aromatic heterocycles. The quantitative estimate of drug-likeness (QED) is 0.350. The van der Waals surface area contributed by atoms with E-state index in [4.69, 9.17) is 16.3 Å². The summed E-state index contributed by atoms with van der Waals surface area (Å²) in [5.74, 6) is -1.10. The molecule has 0 fully saturated rings. The highest BCUT2D eigenvalue weighted by Crippen LogP contribution is 2.33. The van der Waals surface area contributed by atoms with Crippen LogP contribution >= 0.6 is 11.6 Å². The van der Waals surface area contributed by atoms with Gasteiger partial charge in [0.05, 0.1) is 18.3 Å². The van der Waals surface area contributed by atoms with E-state index >= 15 is 0 Å². The molecule has 0 heterocycles.